The second kappa shape index (κ2) is 16.7. The molecule has 13 nitrogen and oxygen atoms in total. The van der Waals surface area contributed by atoms with Crippen LogP contribution in [0.25, 0.3) is 10.9 Å². The van der Waals surface area contributed by atoms with E-state index < -0.39 is 66.9 Å². The summed E-state index contributed by atoms with van der Waals surface area (Å²) in [5.41, 5.74) is -0.972. The average Bonchev–Trinajstić information content (AvgIpc) is 3.56. The molecule has 0 bridgehead atoms. The molecule has 15 heteroatoms. The van der Waals surface area contributed by atoms with E-state index in [0.717, 1.165) is 5.39 Å². The van der Waals surface area contributed by atoms with E-state index in [-0.39, 0.29) is 33.6 Å². The van der Waals surface area contributed by atoms with Crippen LogP contribution >= 0.6 is 23.2 Å². The second-order valence-corrected chi connectivity index (χ2v) is 13.1. The highest BCUT2D eigenvalue weighted by Gasteiger charge is 2.50. The number of carboxylic acids is 1. The summed E-state index contributed by atoms with van der Waals surface area (Å²) in [6, 6.07) is 21.3. The van der Waals surface area contributed by atoms with Crippen LogP contribution in [0.4, 0.5) is 0 Å². The van der Waals surface area contributed by atoms with Gasteiger partial charge in [0.15, 0.2) is 12.4 Å². The van der Waals surface area contributed by atoms with Gasteiger partial charge in [0.1, 0.15) is 24.1 Å². The summed E-state index contributed by atoms with van der Waals surface area (Å²) >= 11 is 12.1. The number of amides is 2. The number of carboxylic acid groups (broad SMARTS) is 1. The van der Waals surface area contributed by atoms with Crippen LogP contribution in [0.3, 0.4) is 0 Å². The number of carbonyl (C=O) groups is 5. The molecule has 0 spiro atoms. The zero-order chi connectivity index (χ0) is 37.4. The topological polar surface area (TPSA) is 183 Å². The Morgan fingerprint density at radius 3 is 2.29 bits per heavy atom. The molecule has 0 saturated heterocycles. The number of para-hydroxylation sites is 2. The van der Waals surface area contributed by atoms with E-state index in [1.165, 1.54) is 18.2 Å². The largest absolute Gasteiger partial charge is 0.489 e. The molecule has 3 N–H and O–H groups in total. The number of halogens is 2. The van der Waals surface area contributed by atoms with Crippen LogP contribution in [-0.4, -0.2) is 76.2 Å². The molecule has 1 unspecified atom stereocenters. The molecule has 0 fully saturated rings. The lowest BCUT2D eigenvalue weighted by Crippen LogP contribution is -2.57. The van der Waals surface area contributed by atoms with Gasteiger partial charge in [-0.2, -0.15) is 0 Å². The summed E-state index contributed by atoms with van der Waals surface area (Å²) in [5, 5.41) is 20.0. The molecule has 270 valence electrons. The first-order valence-electron chi connectivity index (χ1n) is 16.1. The number of oxime groups is 1. The van der Waals surface area contributed by atoms with Crippen molar-refractivity contribution in [1.82, 2.24) is 15.6 Å². The number of carbonyl (C=O) groups excluding carboxylic acids is 4. The summed E-state index contributed by atoms with van der Waals surface area (Å²) in [6.45, 7) is 2.38. The van der Waals surface area contributed by atoms with Gasteiger partial charge in [0.25, 0.3) is 17.4 Å². The maximum atomic E-state index is 14.1. The SMILES string of the molecule is CC(C)[C@H](NC(=O)c1ccc2ccccc2n1)C1=NOC(COc2ccccc2)(C(=O)N[C@@H](CC(=O)O)C(=O)COC(=O)c2c(Cl)cccc2Cl)C1. The molecule has 2 heterocycles. The number of ketones is 1. The van der Waals surface area contributed by atoms with Gasteiger partial charge in [-0.15, -0.1) is 0 Å². The van der Waals surface area contributed by atoms with Crippen molar-refractivity contribution in [3.05, 3.63) is 106 Å². The Morgan fingerprint density at radius 1 is 0.904 bits per heavy atom. The monoisotopic (exact) mass is 748 g/mol. The third kappa shape index (κ3) is 9.03. The highest BCUT2D eigenvalue weighted by Crippen LogP contribution is 2.30. The van der Waals surface area contributed by atoms with E-state index in [2.05, 4.69) is 20.8 Å². The van der Waals surface area contributed by atoms with Crippen molar-refractivity contribution in [3.8, 4) is 5.75 Å². The summed E-state index contributed by atoms with van der Waals surface area (Å²) < 4.78 is 11.0. The zero-order valence-corrected chi connectivity index (χ0v) is 29.5. The number of nitrogens with zero attached hydrogens (tertiary/aromatic N) is 2. The average molecular weight is 750 g/mol. The molecule has 4 aromatic rings. The van der Waals surface area contributed by atoms with E-state index in [4.69, 9.17) is 37.5 Å². The van der Waals surface area contributed by atoms with Crippen molar-refractivity contribution in [1.29, 1.82) is 0 Å². The summed E-state index contributed by atoms with van der Waals surface area (Å²) in [5.74, 6) is -4.60. The molecule has 0 saturated carbocycles. The van der Waals surface area contributed by atoms with E-state index in [1.807, 2.05) is 32.0 Å². The molecule has 1 aliphatic rings. The first-order valence-corrected chi connectivity index (χ1v) is 16.9. The van der Waals surface area contributed by atoms with Crippen molar-refractivity contribution in [2.45, 2.75) is 44.4 Å². The first kappa shape index (κ1) is 37.7. The number of aliphatic carboxylic acids is 1. The van der Waals surface area contributed by atoms with Gasteiger partial charge in [-0.1, -0.05) is 90.7 Å². The molecule has 1 aliphatic heterocycles. The molecular weight excluding hydrogens is 715 g/mol. The van der Waals surface area contributed by atoms with Crippen LogP contribution in [0.15, 0.2) is 90.1 Å². The maximum Gasteiger partial charge on any atom is 0.341 e. The van der Waals surface area contributed by atoms with Crippen molar-refractivity contribution in [3.63, 3.8) is 0 Å². The van der Waals surface area contributed by atoms with Gasteiger partial charge in [0.05, 0.1) is 39.3 Å². The predicted octanol–water partition coefficient (Wildman–Crippen LogP) is 5.28. The molecule has 0 radical (unpaired) electrons. The lowest BCUT2D eigenvalue weighted by Gasteiger charge is -2.28. The van der Waals surface area contributed by atoms with Gasteiger partial charge < -0.3 is 30.1 Å². The van der Waals surface area contributed by atoms with Crippen LogP contribution in [0.5, 0.6) is 5.75 Å². The third-order valence-corrected chi connectivity index (χ3v) is 8.79. The number of rotatable bonds is 15. The van der Waals surface area contributed by atoms with Crippen LogP contribution in [0.2, 0.25) is 10.0 Å². The fourth-order valence-electron chi connectivity index (χ4n) is 5.41. The van der Waals surface area contributed by atoms with E-state index >= 15 is 0 Å². The van der Waals surface area contributed by atoms with Gasteiger partial charge in [-0.05, 0) is 42.3 Å². The van der Waals surface area contributed by atoms with Gasteiger partial charge >= 0.3 is 11.9 Å². The number of ether oxygens (including phenoxy) is 2. The molecule has 3 atom stereocenters. The molecular formula is C37H34Cl2N4O9. The maximum absolute atomic E-state index is 14.1. The Hall–Kier alpha value is -5.53. The summed E-state index contributed by atoms with van der Waals surface area (Å²) in [4.78, 5) is 75.5. The Balaban J connectivity index is 1.34. The second-order valence-electron chi connectivity index (χ2n) is 12.3. The number of hydrogen-bond donors (Lipinski definition) is 3. The van der Waals surface area contributed by atoms with Gasteiger partial charge in [0, 0.05) is 11.8 Å². The Labute approximate surface area is 308 Å². The van der Waals surface area contributed by atoms with Crippen molar-refractivity contribution in [2.24, 2.45) is 11.1 Å². The highest BCUT2D eigenvalue weighted by molar-refractivity contribution is 6.39. The van der Waals surface area contributed by atoms with Crippen molar-refractivity contribution < 1.29 is 43.4 Å². The van der Waals surface area contributed by atoms with Crippen LogP contribution < -0.4 is 15.4 Å². The molecule has 3 aromatic carbocycles. The Morgan fingerprint density at radius 2 is 1.60 bits per heavy atom. The number of pyridine rings is 1. The predicted molar refractivity (Wildman–Crippen MR) is 192 cm³/mol. The highest BCUT2D eigenvalue weighted by atomic mass is 35.5. The fraction of sp³-hybridized carbons (Fsp3) is 0.270. The Bertz CT molecular complexity index is 2000. The third-order valence-electron chi connectivity index (χ3n) is 8.16. The number of Topliss-reactive ketones (excluding diaryl/α,β-unsaturated/α-hetero) is 1. The number of esters is 1. The smallest absolute Gasteiger partial charge is 0.341 e. The minimum Gasteiger partial charge on any atom is -0.489 e. The Kier molecular flexibility index (Phi) is 12.1. The molecule has 0 aliphatic carbocycles. The number of aromatic nitrogens is 1. The van der Waals surface area contributed by atoms with Crippen LogP contribution in [0.1, 0.15) is 47.5 Å². The molecule has 5 rings (SSSR count). The number of nitrogens with one attached hydrogen (secondary N) is 2. The van der Waals surface area contributed by atoms with Crippen LogP contribution in [0, 0.1) is 5.92 Å². The van der Waals surface area contributed by atoms with Gasteiger partial charge in [-0.3, -0.25) is 19.2 Å². The number of hydrogen-bond acceptors (Lipinski definition) is 10. The minimum absolute atomic E-state index is 0.0145. The summed E-state index contributed by atoms with van der Waals surface area (Å²) in [7, 11) is 0. The van der Waals surface area contributed by atoms with E-state index in [9.17, 15) is 29.1 Å². The van der Waals surface area contributed by atoms with Gasteiger partial charge in [-0.25, -0.2) is 9.78 Å². The summed E-state index contributed by atoms with van der Waals surface area (Å²) in [6.07, 6.45) is -1.05. The van der Waals surface area contributed by atoms with Crippen molar-refractivity contribution in [2.75, 3.05) is 13.2 Å². The van der Waals surface area contributed by atoms with Gasteiger partial charge in [0.2, 0.25) is 0 Å². The number of benzene rings is 3. The fourth-order valence-corrected chi connectivity index (χ4v) is 5.96. The quantitative estimate of drug-likeness (QED) is 0.135. The van der Waals surface area contributed by atoms with Crippen molar-refractivity contribution >= 4 is 69.4 Å². The van der Waals surface area contributed by atoms with E-state index in [0.29, 0.717) is 17.0 Å². The standard InChI is InChI=1S/C37H34Cl2N4O9/c1-21(2)33(42-34(47)27-16-15-22-9-6-7-14-26(22)40-27)29-18-37(52-43-29,20-51-23-10-4-3-5-11-23)36(49)41-28(17-31(45)46)30(44)19-50-35(48)32-24(38)12-8-13-25(32)39/h3-16,21,28,33H,17-20H2,1-2H3,(H,41,49)(H,42,47)(H,45,46)/t28-,33-,37?/m0/s1. The first-order chi connectivity index (χ1) is 24.9. The number of fused-ring (bicyclic) bond motifs is 1. The molecule has 2 amide bonds. The minimum atomic E-state index is -1.90. The molecule has 52 heavy (non-hydrogen) atoms. The normalized spacial score (nSPS) is 16.3. The van der Waals surface area contributed by atoms with Crippen LogP contribution in [-0.2, 0) is 24.0 Å². The van der Waals surface area contributed by atoms with E-state index in [1.54, 1.807) is 48.5 Å². The lowest BCUT2D eigenvalue weighted by molar-refractivity contribution is -0.151. The zero-order valence-electron chi connectivity index (χ0n) is 28.0. The lowest BCUT2D eigenvalue weighted by atomic mass is 9.89. The molecule has 1 aromatic heterocycles.